The molecule has 0 bridgehead atoms. The smallest absolute Gasteiger partial charge is 0.165 e. The molecular formula is C16H19FN2OS. The quantitative estimate of drug-likeness (QED) is 0.877. The van der Waals surface area contributed by atoms with Gasteiger partial charge in [0, 0.05) is 22.9 Å². The van der Waals surface area contributed by atoms with Crippen molar-refractivity contribution < 1.29 is 9.13 Å². The van der Waals surface area contributed by atoms with E-state index < -0.39 is 0 Å². The molecule has 0 aliphatic heterocycles. The van der Waals surface area contributed by atoms with Crippen LogP contribution in [0.1, 0.15) is 36.3 Å². The zero-order valence-corrected chi connectivity index (χ0v) is 13.1. The van der Waals surface area contributed by atoms with Crippen molar-refractivity contribution in [2.45, 2.75) is 32.2 Å². The van der Waals surface area contributed by atoms with Crippen LogP contribution in [0.5, 0.6) is 5.75 Å². The first-order valence-corrected chi connectivity index (χ1v) is 8.08. The van der Waals surface area contributed by atoms with Crippen molar-refractivity contribution >= 4 is 11.3 Å². The summed E-state index contributed by atoms with van der Waals surface area (Å²) in [7, 11) is 1.48. The van der Waals surface area contributed by atoms with Gasteiger partial charge in [0.05, 0.1) is 12.8 Å². The summed E-state index contributed by atoms with van der Waals surface area (Å²) in [4.78, 5) is 6.10. The molecule has 112 valence electrons. The number of ether oxygens (including phenoxy) is 1. The third-order valence-electron chi connectivity index (χ3n) is 3.63. The van der Waals surface area contributed by atoms with Crippen LogP contribution in [-0.2, 0) is 6.54 Å². The van der Waals surface area contributed by atoms with E-state index >= 15 is 0 Å². The third kappa shape index (κ3) is 3.09. The van der Waals surface area contributed by atoms with Gasteiger partial charge >= 0.3 is 0 Å². The molecule has 1 fully saturated rings. The normalized spacial score (nSPS) is 14.4. The van der Waals surface area contributed by atoms with E-state index in [0.29, 0.717) is 5.92 Å². The number of benzene rings is 1. The maximum absolute atomic E-state index is 13.5. The van der Waals surface area contributed by atoms with Gasteiger partial charge in [-0.25, -0.2) is 9.37 Å². The lowest BCUT2D eigenvalue weighted by Crippen LogP contribution is -2.11. The number of aromatic nitrogens is 1. The van der Waals surface area contributed by atoms with E-state index in [2.05, 4.69) is 12.2 Å². The Balaban J connectivity index is 1.94. The van der Waals surface area contributed by atoms with Gasteiger partial charge in [-0.1, -0.05) is 6.92 Å². The molecule has 1 aliphatic rings. The topological polar surface area (TPSA) is 34.1 Å². The summed E-state index contributed by atoms with van der Waals surface area (Å²) in [6.07, 6.45) is 2.46. The fraction of sp³-hybridized carbons (Fsp3) is 0.438. The molecule has 21 heavy (non-hydrogen) atoms. The van der Waals surface area contributed by atoms with Crippen molar-refractivity contribution in [2.24, 2.45) is 0 Å². The van der Waals surface area contributed by atoms with Crippen molar-refractivity contribution in [3.05, 3.63) is 34.6 Å². The summed E-state index contributed by atoms with van der Waals surface area (Å²) in [6.45, 7) is 3.91. The molecule has 5 heteroatoms. The van der Waals surface area contributed by atoms with E-state index in [1.54, 1.807) is 23.5 Å². The third-order valence-corrected chi connectivity index (χ3v) is 4.75. The van der Waals surface area contributed by atoms with Gasteiger partial charge in [0.1, 0.15) is 5.01 Å². The molecule has 3 rings (SSSR count). The molecule has 1 N–H and O–H groups in total. The monoisotopic (exact) mass is 306 g/mol. The lowest BCUT2D eigenvalue weighted by molar-refractivity contribution is 0.387. The highest BCUT2D eigenvalue weighted by Crippen LogP contribution is 2.44. The van der Waals surface area contributed by atoms with Crippen LogP contribution in [0, 0.1) is 5.82 Å². The Morgan fingerprint density at radius 1 is 1.43 bits per heavy atom. The lowest BCUT2D eigenvalue weighted by atomic mass is 10.2. The molecule has 0 amide bonds. The summed E-state index contributed by atoms with van der Waals surface area (Å²) in [5.74, 6) is 0.544. The Morgan fingerprint density at radius 2 is 2.24 bits per heavy atom. The number of nitrogens with one attached hydrogen (secondary N) is 1. The predicted octanol–water partition coefficient (Wildman–Crippen LogP) is 3.94. The number of hydrogen-bond acceptors (Lipinski definition) is 4. The molecule has 1 aromatic heterocycles. The fourth-order valence-corrected chi connectivity index (χ4v) is 3.43. The Bertz CT molecular complexity index is 637. The van der Waals surface area contributed by atoms with Gasteiger partial charge < -0.3 is 10.1 Å². The van der Waals surface area contributed by atoms with Crippen LogP contribution >= 0.6 is 11.3 Å². The number of nitrogens with zero attached hydrogens (tertiary/aromatic N) is 1. The average Bonchev–Trinajstić information content (AvgIpc) is 3.26. The Hall–Kier alpha value is -1.46. The average molecular weight is 306 g/mol. The summed E-state index contributed by atoms with van der Waals surface area (Å²) < 4.78 is 18.6. The highest BCUT2D eigenvalue weighted by molar-refractivity contribution is 7.15. The van der Waals surface area contributed by atoms with E-state index in [4.69, 9.17) is 9.72 Å². The van der Waals surface area contributed by atoms with Gasteiger partial charge in [0.2, 0.25) is 0 Å². The Labute approximate surface area is 128 Å². The Morgan fingerprint density at radius 3 is 2.90 bits per heavy atom. The minimum atomic E-state index is -0.340. The maximum Gasteiger partial charge on any atom is 0.165 e. The summed E-state index contributed by atoms with van der Waals surface area (Å²) >= 11 is 1.69. The van der Waals surface area contributed by atoms with Crippen molar-refractivity contribution in [1.29, 1.82) is 0 Å². The van der Waals surface area contributed by atoms with Crippen LogP contribution in [0.15, 0.2) is 18.2 Å². The highest BCUT2D eigenvalue weighted by Gasteiger charge is 2.29. The van der Waals surface area contributed by atoms with E-state index in [1.807, 2.05) is 0 Å². The minimum Gasteiger partial charge on any atom is -0.494 e. The van der Waals surface area contributed by atoms with Crippen molar-refractivity contribution in [3.8, 4) is 16.3 Å². The molecular weight excluding hydrogens is 287 g/mol. The summed E-state index contributed by atoms with van der Waals surface area (Å²) in [5, 5.41) is 4.32. The first kappa shape index (κ1) is 14.5. The summed E-state index contributed by atoms with van der Waals surface area (Å²) in [5.41, 5.74) is 2.14. The van der Waals surface area contributed by atoms with Gasteiger partial charge in [-0.15, -0.1) is 11.3 Å². The lowest BCUT2D eigenvalue weighted by Gasteiger charge is -2.03. The second-order valence-corrected chi connectivity index (χ2v) is 6.31. The molecule has 1 heterocycles. The first-order chi connectivity index (χ1) is 10.2. The van der Waals surface area contributed by atoms with E-state index in [9.17, 15) is 4.39 Å². The molecule has 1 aliphatic carbocycles. The molecule has 3 nitrogen and oxygen atoms in total. The van der Waals surface area contributed by atoms with Crippen molar-refractivity contribution in [3.63, 3.8) is 0 Å². The molecule has 0 saturated heterocycles. The molecule has 0 spiro atoms. The maximum atomic E-state index is 13.5. The molecule has 0 atom stereocenters. The number of thiazole rings is 1. The van der Waals surface area contributed by atoms with E-state index in [1.165, 1.54) is 36.6 Å². The Kier molecular flexibility index (Phi) is 4.22. The second kappa shape index (κ2) is 6.12. The first-order valence-electron chi connectivity index (χ1n) is 7.27. The van der Waals surface area contributed by atoms with Crippen LogP contribution in [0.4, 0.5) is 4.39 Å². The second-order valence-electron chi connectivity index (χ2n) is 5.23. The van der Waals surface area contributed by atoms with Crippen LogP contribution < -0.4 is 10.1 Å². The molecule has 0 radical (unpaired) electrons. The van der Waals surface area contributed by atoms with E-state index in [-0.39, 0.29) is 11.6 Å². The number of halogens is 1. The standard InChI is InChI=1S/C16H19FN2OS/c1-3-18-9-14-15(10-4-5-10)19-16(21-14)11-6-7-12(17)13(8-11)20-2/h6-8,10,18H,3-5,9H2,1-2H3. The summed E-state index contributed by atoms with van der Waals surface area (Å²) in [6, 6.07) is 4.93. The molecule has 0 unspecified atom stereocenters. The van der Waals surface area contributed by atoms with Crippen LogP contribution in [0.3, 0.4) is 0 Å². The predicted molar refractivity (Wildman–Crippen MR) is 83.4 cm³/mol. The van der Waals surface area contributed by atoms with Crippen LogP contribution in [-0.4, -0.2) is 18.6 Å². The van der Waals surface area contributed by atoms with Crippen molar-refractivity contribution in [1.82, 2.24) is 10.3 Å². The molecule has 1 saturated carbocycles. The van der Waals surface area contributed by atoms with Crippen LogP contribution in [0.25, 0.3) is 10.6 Å². The minimum absolute atomic E-state index is 0.268. The number of methoxy groups -OCH3 is 1. The van der Waals surface area contributed by atoms with Gasteiger partial charge in [0.15, 0.2) is 11.6 Å². The highest BCUT2D eigenvalue weighted by atomic mass is 32.1. The largest absolute Gasteiger partial charge is 0.494 e. The fourth-order valence-electron chi connectivity index (χ4n) is 2.32. The SMILES string of the molecule is CCNCc1sc(-c2ccc(F)c(OC)c2)nc1C1CC1. The van der Waals surface area contributed by atoms with Gasteiger partial charge in [-0.3, -0.25) is 0 Å². The van der Waals surface area contributed by atoms with E-state index in [0.717, 1.165) is 23.7 Å². The zero-order valence-electron chi connectivity index (χ0n) is 12.3. The van der Waals surface area contributed by atoms with Gasteiger partial charge in [-0.05, 0) is 37.6 Å². The van der Waals surface area contributed by atoms with Crippen molar-refractivity contribution in [2.75, 3.05) is 13.7 Å². The molecule has 2 aromatic rings. The molecule has 1 aromatic carbocycles. The van der Waals surface area contributed by atoms with Gasteiger partial charge in [-0.2, -0.15) is 0 Å². The number of hydrogen-bond donors (Lipinski definition) is 1. The number of rotatable bonds is 6. The van der Waals surface area contributed by atoms with Crippen LogP contribution in [0.2, 0.25) is 0 Å². The van der Waals surface area contributed by atoms with Gasteiger partial charge in [0.25, 0.3) is 0 Å². The zero-order chi connectivity index (χ0) is 14.8.